The first-order valence-electron chi connectivity index (χ1n) is 3.31. The molecule has 14 heavy (non-hydrogen) atoms. The highest BCUT2D eigenvalue weighted by molar-refractivity contribution is 14.1. The van der Waals surface area contributed by atoms with E-state index in [9.17, 15) is 13.6 Å². The normalized spacial score (nSPS) is 10.6. The van der Waals surface area contributed by atoms with Crippen LogP contribution in [0.25, 0.3) is 0 Å². The average Bonchev–Trinajstić information content (AvgIpc) is 2.07. The second-order valence-corrected chi connectivity index (χ2v) is 4.49. The average molecular weight is 425 g/mol. The third-order valence-electron chi connectivity index (χ3n) is 1.39. The maximum atomic E-state index is 12.4. The van der Waals surface area contributed by atoms with Crippen molar-refractivity contribution in [1.82, 2.24) is 4.98 Å². The minimum Gasteiger partial charge on any atom is -0.476 e. The van der Waals surface area contributed by atoms with Gasteiger partial charge in [0.15, 0.2) is 5.69 Å². The Hall–Kier alpha value is -0.0600. The number of alkyl halides is 2. The van der Waals surface area contributed by atoms with Gasteiger partial charge in [0.05, 0.1) is 3.57 Å². The van der Waals surface area contributed by atoms with Gasteiger partial charge in [-0.1, -0.05) is 0 Å². The molecule has 0 atom stereocenters. The zero-order valence-electron chi connectivity index (χ0n) is 6.47. The third-order valence-corrected chi connectivity index (χ3v) is 3.08. The summed E-state index contributed by atoms with van der Waals surface area (Å²) in [4.78, 5) is 14.3. The molecule has 0 bridgehead atoms. The lowest BCUT2D eigenvalue weighted by Gasteiger charge is -2.06. The monoisotopic (exact) mass is 425 g/mol. The number of hydrogen-bond donors (Lipinski definition) is 1. The number of pyridine rings is 1. The van der Waals surface area contributed by atoms with E-state index in [0.29, 0.717) is 0 Å². The Bertz CT molecular complexity index is 384. The molecule has 1 heterocycles. The van der Waals surface area contributed by atoms with E-state index >= 15 is 0 Å². The van der Waals surface area contributed by atoms with Gasteiger partial charge in [0.2, 0.25) is 0 Å². The number of halogens is 4. The molecule has 0 amide bonds. The molecule has 0 aliphatic rings. The van der Waals surface area contributed by atoms with Gasteiger partial charge in [-0.25, -0.2) is 18.6 Å². The molecule has 0 spiro atoms. The molecule has 1 rings (SSSR count). The molecule has 0 aromatic carbocycles. The number of nitrogens with zero attached hydrogens (tertiary/aromatic N) is 1. The second kappa shape index (κ2) is 4.64. The lowest BCUT2D eigenvalue weighted by Crippen LogP contribution is -2.08. The minimum atomic E-state index is -2.68. The van der Waals surface area contributed by atoms with Crippen molar-refractivity contribution < 1.29 is 18.7 Å². The van der Waals surface area contributed by atoms with E-state index in [1.54, 1.807) is 45.2 Å². The fourth-order valence-electron chi connectivity index (χ4n) is 0.817. The van der Waals surface area contributed by atoms with Crippen LogP contribution < -0.4 is 0 Å². The van der Waals surface area contributed by atoms with Crippen molar-refractivity contribution in [1.29, 1.82) is 0 Å². The predicted molar refractivity (Wildman–Crippen MR) is 61.6 cm³/mol. The molecule has 0 unspecified atom stereocenters. The molecule has 0 saturated carbocycles. The molecular weight excluding hydrogens is 422 g/mol. The molecule has 1 N–H and O–H groups in total. The molecule has 0 aliphatic heterocycles. The van der Waals surface area contributed by atoms with E-state index in [1.165, 1.54) is 6.07 Å². The van der Waals surface area contributed by atoms with Crippen LogP contribution in [-0.2, 0) is 0 Å². The van der Waals surface area contributed by atoms with Crippen LogP contribution in [0, 0.1) is 7.27 Å². The highest BCUT2D eigenvalue weighted by Gasteiger charge is 2.20. The summed E-state index contributed by atoms with van der Waals surface area (Å²) in [5, 5.41) is 8.68. The number of carboxylic acids is 1. The first kappa shape index (κ1) is 12.0. The number of carboxylic acid groups (broad SMARTS) is 1. The van der Waals surface area contributed by atoms with Crippen molar-refractivity contribution in [3.05, 3.63) is 24.6 Å². The molecular formula is C7H3F2I2NO2. The summed E-state index contributed by atoms with van der Waals surface area (Å²) in [6, 6.07) is 1.18. The lowest BCUT2D eigenvalue weighted by atomic mass is 10.2. The van der Waals surface area contributed by atoms with Crippen molar-refractivity contribution in [2.75, 3.05) is 0 Å². The van der Waals surface area contributed by atoms with Crippen molar-refractivity contribution in [3.8, 4) is 0 Å². The fraction of sp³-hybridized carbons (Fsp3) is 0.143. The van der Waals surface area contributed by atoms with E-state index in [-0.39, 0.29) is 18.5 Å². The molecule has 7 heteroatoms. The lowest BCUT2D eigenvalue weighted by molar-refractivity contribution is 0.0688. The number of aromatic nitrogens is 1. The van der Waals surface area contributed by atoms with E-state index in [0.717, 1.165) is 0 Å². The Labute approximate surface area is 105 Å². The van der Waals surface area contributed by atoms with Crippen LogP contribution in [0.4, 0.5) is 8.78 Å². The first-order chi connectivity index (χ1) is 6.43. The van der Waals surface area contributed by atoms with E-state index in [2.05, 4.69) is 4.98 Å². The van der Waals surface area contributed by atoms with Crippen LogP contribution in [-0.4, -0.2) is 16.1 Å². The Morgan fingerprint density at radius 3 is 2.50 bits per heavy atom. The molecule has 0 radical (unpaired) electrons. The molecule has 3 nitrogen and oxygen atoms in total. The van der Waals surface area contributed by atoms with Crippen molar-refractivity contribution in [3.63, 3.8) is 0 Å². The highest BCUT2D eigenvalue weighted by Crippen LogP contribution is 2.27. The number of carbonyl (C=O) groups is 1. The number of hydrogen-bond acceptors (Lipinski definition) is 2. The fourth-order valence-corrected chi connectivity index (χ4v) is 2.14. The van der Waals surface area contributed by atoms with Gasteiger partial charge in [-0.2, -0.15) is 0 Å². The van der Waals surface area contributed by atoms with Crippen LogP contribution in [0.5, 0.6) is 0 Å². The Morgan fingerprint density at radius 1 is 1.50 bits per heavy atom. The second-order valence-electron chi connectivity index (χ2n) is 2.30. The maximum Gasteiger partial charge on any atom is 0.355 e. The van der Waals surface area contributed by atoms with Crippen molar-refractivity contribution in [2.45, 2.75) is 6.43 Å². The van der Waals surface area contributed by atoms with E-state index in [4.69, 9.17) is 5.11 Å². The summed E-state index contributed by atoms with van der Waals surface area (Å²) in [5.41, 5.74) is -0.616. The van der Waals surface area contributed by atoms with Gasteiger partial charge in [-0.05, 0) is 51.2 Å². The van der Waals surface area contributed by atoms with Gasteiger partial charge in [0.25, 0.3) is 6.43 Å². The minimum absolute atomic E-state index is 0.00878. The summed E-state index contributed by atoms with van der Waals surface area (Å²) in [7, 11) is 0. The van der Waals surface area contributed by atoms with Crippen LogP contribution in [0.2, 0.25) is 0 Å². The largest absolute Gasteiger partial charge is 0.476 e. The first-order valence-corrected chi connectivity index (χ1v) is 5.46. The zero-order chi connectivity index (χ0) is 10.9. The van der Waals surface area contributed by atoms with E-state index in [1.807, 2.05) is 0 Å². The molecule has 1 aromatic heterocycles. The van der Waals surface area contributed by atoms with E-state index < -0.39 is 12.4 Å². The van der Waals surface area contributed by atoms with Crippen molar-refractivity contribution >= 4 is 51.2 Å². The Balaban J connectivity index is 3.40. The molecule has 0 fully saturated rings. The van der Waals surface area contributed by atoms with Gasteiger partial charge in [0.1, 0.15) is 3.70 Å². The van der Waals surface area contributed by atoms with Gasteiger partial charge in [-0.3, -0.25) is 0 Å². The maximum absolute atomic E-state index is 12.4. The summed E-state index contributed by atoms with van der Waals surface area (Å²) in [6.45, 7) is 0. The highest BCUT2D eigenvalue weighted by atomic mass is 127. The summed E-state index contributed by atoms with van der Waals surface area (Å²) in [6.07, 6.45) is -2.68. The third kappa shape index (κ3) is 2.49. The summed E-state index contributed by atoms with van der Waals surface area (Å²) in [5.74, 6) is -1.30. The standard InChI is InChI=1S/C7H3F2I2NO2/c8-6(9)2-1-3(10)12-5(4(2)11)7(13)14/h1,6H,(H,13,14). The predicted octanol–water partition coefficient (Wildman–Crippen LogP) is 2.93. The number of rotatable bonds is 2. The van der Waals surface area contributed by atoms with Gasteiger partial charge >= 0.3 is 5.97 Å². The summed E-state index contributed by atoms with van der Waals surface area (Å²) >= 11 is 3.26. The SMILES string of the molecule is O=C(O)c1nc(I)cc(C(F)F)c1I. The zero-order valence-corrected chi connectivity index (χ0v) is 10.8. The van der Waals surface area contributed by atoms with Crippen LogP contribution >= 0.6 is 45.2 Å². The number of aromatic carboxylic acids is 1. The topological polar surface area (TPSA) is 50.2 Å². The van der Waals surface area contributed by atoms with Gasteiger partial charge < -0.3 is 5.11 Å². The molecule has 0 aliphatic carbocycles. The van der Waals surface area contributed by atoms with Crippen LogP contribution in [0.1, 0.15) is 22.5 Å². The quantitative estimate of drug-likeness (QED) is 0.586. The van der Waals surface area contributed by atoms with Crippen LogP contribution in [0.3, 0.4) is 0 Å². The molecule has 0 saturated heterocycles. The summed E-state index contributed by atoms with van der Waals surface area (Å²) < 4.78 is 25.1. The smallest absolute Gasteiger partial charge is 0.355 e. The van der Waals surface area contributed by atoms with Gasteiger partial charge in [-0.15, -0.1) is 0 Å². The van der Waals surface area contributed by atoms with Gasteiger partial charge in [0, 0.05) is 5.56 Å². The Morgan fingerprint density at radius 2 is 2.07 bits per heavy atom. The molecule has 76 valence electrons. The van der Waals surface area contributed by atoms with Crippen molar-refractivity contribution in [2.24, 2.45) is 0 Å². The Kier molecular flexibility index (Phi) is 3.98. The van der Waals surface area contributed by atoms with Crippen LogP contribution in [0.15, 0.2) is 6.07 Å². The molecule has 1 aromatic rings.